The molecule has 15 heavy (non-hydrogen) atoms. The largest absolute Gasteiger partial charge is 0.315 e. The van der Waals surface area contributed by atoms with Gasteiger partial charge < -0.3 is 5.32 Å². The van der Waals surface area contributed by atoms with Crippen LogP contribution in [0.15, 0.2) is 0 Å². The van der Waals surface area contributed by atoms with E-state index in [1.807, 2.05) is 27.7 Å². The summed E-state index contributed by atoms with van der Waals surface area (Å²) in [5.74, 6) is 0.335. The predicted molar refractivity (Wildman–Crippen MR) is 60.8 cm³/mol. The highest BCUT2D eigenvalue weighted by molar-refractivity contribution is 7.87. The summed E-state index contributed by atoms with van der Waals surface area (Å²) in [6.07, 6.45) is 0. The smallest absolute Gasteiger partial charge is 0.277 e. The van der Waals surface area contributed by atoms with Gasteiger partial charge >= 0.3 is 0 Å². The molecule has 0 aromatic heterocycles. The van der Waals surface area contributed by atoms with Crippen LogP contribution in [0.25, 0.3) is 0 Å². The van der Waals surface area contributed by atoms with E-state index in [1.165, 1.54) is 0 Å². The minimum Gasteiger partial charge on any atom is -0.315 e. The summed E-state index contributed by atoms with van der Waals surface area (Å²) in [7, 11) is -3.40. The van der Waals surface area contributed by atoms with Crippen LogP contribution in [-0.4, -0.2) is 33.1 Å². The monoisotopic (exact) mass is 235 g/mol. The normalized spacial score (nSPS) is 28.3. The lowest BCUT2D eigenvalue weighted by Gasteiger charge is -2.23. The van der Waals surface area contributed by atoms with Crippen LogP contribution in [0.3, 0.4) is 0 Å². The molecule has 0 saturated carbocycles. The van der Waals surface area contributed by atoms with Gasteiger partial charge in [0.25, 0.3) is 10.2 Å². The predicted octanol–water partition coefficient (Wildman–Crippen LogP) is -0.183. The minimum absolute atomic E-state index is 0.00940. The minimum atomic E-state index is -3.40. The van der Waals surface area contributed by atoms with Gasteiger partial charge in [-0.3, -0.25) is 0 Å². The highest BCUT2D eigenvalue weighted by Crippen LogP contribution is 2.09. The van der Waals surface area contributed by atoms with Gasteiger partial charge in [0.05, 0.1) is 0 Å². The average Bonchev–Trinajstić information content (AvgIpc) is 2.29. The topological polar surface area (TPSA) is 70.2 Å². The van der Waals surface area contributed by atoms with Gasteiger partial charge in [-0.05, 0) is 33.2 Å². The molecular formula is C9H21N3O2S. The Hall–Kier alpha value is -0.170. The Morgan fingerprint density at radius 3 is 2.27 bits per heavy atom. The molecule has 2 atom stereocenters. The molecular weight excluding hydrogens is 214 g/mol. The van der Waals surface area contributed by atoms with E-state index in [-0.39, 0.29) is 6.04 Å². The summed E-state index contributed by atoms with van der Waals surface area (Å²) in [5.41, 5.74) is -0.443. The molecule has 1 rings (SSSR count). The Bertz CT molecular complexity index is 308. The fraction of sp³-hybridized carbons (Fsp3) is 1.00. The van der Waals surface area contributed by atoms with Crippen molar-refractivity contribution in [1.82, 2.24) is 14.8 Å². The first-order valence-electron chi connectivity index (χ1n) is 5.21. The van der Waals surface area contributed by atoms with Crippen molar-refractivity contribution in [2.75, 3.05) is 13.1 Å². The summed E-state index contributed by atoms with van der Waals surface area (Å²) in [5, 5.41) is 3.15. The summed E-state index contributed by atoms with van der Waals surface area (Å²) in [6.45, 7) is 9.06. The molecule has 0 aliphatic carbocycles. The van der Waals surface area contributed by atoms with Gasteiger partial charge in [-0.2, -0.15) is 17.9 Å². The van der Waals surface area contributed by atoms with Crippen molar-refractivity contribution in [3.05, 3.63) is 0 Å². The van der Waals surface area contributed by atoms with Gasteiger partial charge in [-0.25, -0.2) is 0 Å². The van der Waals surface area contributed by atoms with E-state index in [4.69, 9.17) is 0 Å². The van der Waals surface area contributed by atoms with E-state index in [2.05, 4.69) is 14.8 Å². The van der Waals surface area contributed by atoms with Gasteiger partial charge in [-0.1, -0.05) is 6.92 Å². The lowest BCUT2D eigenvalue weighted by molar-refractivity contribution is 0.459. The van der Waals surface area contributed by atoms with Gasteiger partial charge in [0.15, 0.2) is 0 Å². The lowest BCUT2D eigenvalue weighted by Crippen LogP contribution is -2.51. The van der Waals surface area contributed by atoms with Crippen molar-refractivity contribution in [3.63, 3.8) is 0 Å². The van der Waals surface area contributed by atoms with E-state index < -0.39 is 15.7 Å². The Morgan fingerprint density at radius 1 is 1.27 bits per heavy atom. The Morgan fingerprint density at radius 2 is 1.87 bits per heavy atom. The average molecular weight is 235 g/mol. The molecule has 90 valence electrons. The van der Waals surface area contributed by atoms with Crippen LogP contribution >= 0.6 is 0 Å². The van der Waals surface area contributed by atoms with E-state index in [9.17, 15) is 8.42 Å². The number of rotatable bonds is 3. The van der Waals surface area contributed by atoms with Crippen molar-refractivity contribution in [1.29, 1.82) is 0 Å². The fourth-order valence-electron chi connectivity index (χ4n) is 1.60. The lowest BCUT2D eigenvalue weighted by atomic mass is 10.1. The molecule has 0 aromatic rings. The zero-order valence-electron chi connectivity index (χ0n) is 9.79. The maximum atomic E-state index is 11.7. The van der Waals surface area contributed by atoms with Crippen molar-refractivity contribution in [2.45, 2.75) is 39.3 Å². The highest BCUT2D eigenvalue weighted by Gasteiger charge is 2.29. The molecule has 6 heteroatoms. The third-order valence-electron chi connectivity index (χ3n) is 2.26. The summed E-state index contributed by atoms with van der Waals surface area (Å²) in [4.78, 5) is 0. The first-order chi connectivity index (χ1) is 6.70. The van der Waals surface area contributed by atoms with Crippen molar-refractivity contribution >= 4 is 10.2 Å². The summed E-state index contributed by atoms with van der Waals surface area (Å²) >= 11 is 0. The fourth-order valence-corrected chi connectivity index (χ4v) is 3.18. The number of hydrogen-bond donors (Lipinski definition) is 3. The standard InChI is InChI=1S/C9H21N3O2S/c1-7-5-10-6-8(7)11-15(13,14)12-9(2,3)4/h7-8,10-12H,5-6H2,1-4H3. The van der Waals surface area contributed by atoms with Crippen molar-refractivity contribution in [3.8, 4) is 0 Å². The molecule has 0 aromatic carbocycles. The first-order valence-corrected chi connectivity index (χ1v) is 6.70. The highest BCUT2D eigenvalue weighted by atomic mass is 32.2. The second-order valence-electron chi connectivity index (χ2n) is 5.22. The van der Waals surface area contributed by atoms with Crippen molar-refractivity contribution in [2.24, 2.45) is 5.92 Å². The Kier molecular flexibility index (Phi) is 3.76. The van der Waals surface area contributed by atoms with Crippen LogP contribution in [0.4, 0.5) is 0 Å². The van der Waals surface area contributed by atoms with Crippen LogP contribution < -0.4 is 14.8 Å². The van der Waals surface area contributed by atoms with Crippen LogP contribution in [0, 0.1) is 5.92 Å². The molecule has 5 nitrogen and oxygen atoms in total. The molecule has 0 radical (unpaired) electrons. The number of nitrogens with one attached hydrogen (secondary N) is 3. The summed E-state index contributed by atoms with van der Waals surface area (Å²) in [6, 6.07) is -0.00940. The second kappa shape index (κ2) is 4.37. The third-order valence-corrected chi connectivity index (χ3v) is 3.76. The van der Waals surface area contributed by atoms with Crippen LogP contribution in [0.5, 0.6) is 0 Å². The molecule has 3 N–H and O–H groups in total. The molecule has 1 aliphatic rings. The first kappa shape index (κ1) is 12.9. The molecule has 1 saturated heterocycles. The zero-order chi connectivity index (χ0) is 11.7. The maximum absolute atomic E-state index is 11.7. The van der Waals surface area contributed by atoms with Crippen molar-refractivity contribution < 1.29 is 8.42 Å². The van der Waals surface area contributed by atoms with E-state index in [1.54, 1.807) is 0 Å². The molecule has 0 spiro atoms. The van der Waals surface area contributed by atoms with E-state index in [0.717, 1.165) is 6.54 Å². The van der Waals surface area contributed by atoms with Crippen LogP contribution in [0.2, 0.25) is 0 Å². The van der Waals surface area contributed by atoms with Gasteiger partial charge in [0, 0.05) is 18.1 Å². The Labute approximate surface area is 92.2 Å². The third kappa shape index (κ3) is 4.46. The number of hydrogen-bond acceptors (Lipinski definition) is 3. The van der Waals surface area contributed by atoms with E-state index >= 15 is 0 Å². The Balaban J connectivity index is 2.57. The molecule has 1 fully saturated rings. The molecule has 1 heterocycles. The zero-order valence-corrected chi connectivity index (χ0v) is 10.6. The SMILES string of the molecule is CC1CNCC1NS(=O)(=O)NC(C)(C)C. The molecule has 0 amide bonds. The van der Waals surface area contributed by atoms with Crippen LogP contribution in [0.1, 0.15) is 27.7 Å². The molecule has 0 bridgehead atoms. The van der Waals surface area contributed by atoms with Crippen LogP contribution in [-0.2, 0) is 10.2 Å². The van der Waals surface area contributed by atoms with Gasteiger partial charge in [0.2, 0.25) is 0 Å². The molecule has 2 unspecified atom stereocenters. The van der Waals surface area contributed by atoms with Gasteiger partial charge in [-0.15, -0.1) is 0 Å². The maximum Gasteiger partial charge on any atom is 0.277 e. The van der Waals surface area contributed by atoms with Gasteiger partial charge in [0.1, 0.15) is 0 Å². The quantitative estimate of drug-likeness (QED) is 0.635. The molecule has 1 aliphatic heterocycles. The summed E-state index contributed by atoms with van der Waals surface area (Å²) < 4.78 is 28.6. The van der Waals surface area contributed by atoms with E-state index in [0.29, 0.717) is 12.5 Å². The second-order valence-corrected chi connectivity index (χ2v) is 6.66.